The summed E-state index contributed by atoms with van der Waals surface area (Å²) < 4.78 is 10.5. The van der Waals surface area contributed by atoms with E-state index in [0.29, 0.717) is 47.6 Å². The van der Waals surface area contributed by atoms with Crippen molar-refractivity contribution in [2.45, 2.75) is 40.0 Å². The van der Waals surface area contributed by atoms with Gasteiger partial charge in [-0.3, -0.25) is 9.59 Å². The Hall–Kier alpha value is -1.79. The molecule has 0 aliphatic heterocycles. The second kappa shape index (κ2) is 11.8. The van der Waals surface area contributed by atoms with Gasteiger partial charge in [0.15, 0.2) is 0 Å². The van der Waals surface area contributed by atoms with Gasteiger partial charge < -0.3 is 9.47 Å². The van der Waals surface area contributed by atoms with Gasteiger partial charge in [0.1, 0.15) is 5.75 Å². The van der Waals surface area contributed by atoms with Crippen LogP contribution >= 0.6 is 23.2 Å². The van der Waals surface area contributed by atoms with Crippen LogP contribution < -0.4 is 10.2 Å². The smallest absolute Gasteiger partial charge is 0.314 e. The second-order valence-electron chi connectivity index (χ2n) is 5.53. The van der Waals surface area contributed by atoms with Crippen LogP contribution in [0.2, 0.25) is 10.0 Å². The molecule has 0 saturated carbocycles. The van der Waals surface area contributed by atoms with Gasteiger partial charge in [0.2, 0.25) is 5.91 Å². The summed E-state index contributed by atoms with van der Waals surface area (Å²) in [5.41, 5.74) is 2.97. The van der Waals surface area contributed by atoms with Gasteiger partial charge in [-0.1, -0.05) is 30.1 Å². The average molecular weight is 403 g/mol. The SMILES string of the molecule is CCOC(=O)C(CC)C(C)=NNC(=O)CCCOc1ccc(Cl)cc1Cl. The maximum atomic E-state index is 11.8. The lowest BCUT2D eigenvalue weighted by molar-refractivity contribution is -0.145. The minimum Gasteiger partial charge on any atom is -0.492 e. The Balaban J connectivity index is 2.38. The lowest BCUT2D eigenvalue weighted by atomic mass is 10.0. The van der Waals surface area contributed by atoms with Crippen molar-refractivity contribution in [2.24, 2.45) is 11.0 Å². The number of halogens is 2. The average Bonchev–Trinajstić information content (AvgIpc) is 2.59. The van der Waals surface area contributed by atoms with Crippen molar-refractivity contribution < 1.29 is 19.1 Å². The molecule has 1 unspecified atom stereocenters. The van der Waals surface area contributed by atoms with Gasteiger partial charge >= 0.3 is 5.97 Å². The Bertz CT molecular complexity index is 650. The van der Waals surface area contributed by atoms with Gasteiger partial charge in [-0.05, 0) is 44.9 Å². The zero-order valence-electron chi connectivity index (χ0n) is 15.2. The highest BCUT2D eigenvalue weighted by Crippen LogP contribution is 2.27. The number of amides is 1. The molecular formula is C18H24Cl2N2O4. The van der Waals surface area contributed by atoms with Crippen LogP contribution in [0.4, 0.5) is 0 Å². The maximum absolute atomic E-state index is 11.8. The first-order chi connectivity index (χ1) is 12.4. The van der Waals surface area contributed by atoms with Crippen LogP contribution in [0.5, 0.6) is 5.75 Å². The Morgan fingerprint density at radius 2 is 2.00 bits per heavy atom. The Labute approximate surface area is 163 Å². The van der Waals surface area contributed by atoms with E-state index in [0.717, 1.165) is 0 Å². The molecule has 1 N–H and O–H groups in total. The molecule has 0 heterocycles. The largest absolute Gasteiger partial charge is 0.492 e. The predicted octanol–water partition coefficient (Wildman–Crippen LogP) is 4.23. The van der Waals surface area contributed by atoms with Crippen molar-refractivity contribution in [2.75, 3.05) is 13.2 Å². The zero-order chi connectivity index (χ0) is 19.5. The number of rotatable bonds is 10. The highest BCUT2D eigenvalue weighted by Gasteiger charge is 2.21. The highest BCUT2D eigenvalue weighted by atomic mass is 35.5. The van der Waals surface area contributed by atoms with E-state index in [1.807, 2.05) is 6.92 Å². The first-order valence-electron chi connectivity index (χ1n) is 8.46. The minimum absolute atomic E-state index is 0.234. The van der Waals surface area contributed by atoms with Gasteiger partial charge in [-0.15, -0.1) is 0 Å². The lowest BCUT2D eigenvalue weighted by Crippen LogP contribution is -2.27. The molecule has 8 heteroatoms. The number of nitrogens with one attached hydrogen (secondary N) is 1. The Morgan fingerprint density at radius 1 is 1.27 bits per heavy atom. The van der Waals surface area contributed by atoms with Crippen molar-refractivity contribution in [1.29, 1.82) is 0 Å². The molecule has 0 saturated heterocycles. The van der Waals surface area contributed by atoms with E-state index in [1.54, 1.807) is 32.0 Å². The third-order valence-electron chi connectivity index (χ3n) is 3.54. The van der Waals surface area contributed by atoms with Crippen LogP contribution in [0, 0.1) is 5.92 Å². The molecule has 0 aliphatic carbocycles. The predicted molar refractivity (Wildman–Crippen MR) is 103 cm³/mol. The Morgan fingerprint density at radius 3 is 2.62 bits per heavy atom. The number of esters is 1. The van der Waals surface area contributed by atoms with Crippen LogP contribution in [-0.2, 0) is 14.3 Å². The van der Waals surface area contributed by atoms with Crippen molar-refractivity contribution in [1.82, 2.24) is 5.43 Å². The van der Waals surface area contributed by atoms with Crippen molar-refractivity contribution >= 4 is 40.8 Å². The lowest BCUT2D eigenvalue weighted by Gasteiger charge is -2.13. The molecule has 0 aliphatic rings. The molecule has 1 amide bonds. The fourth-order valence-corrected chi connectivity index (χ4v) is 2.63. The molecule has 0 fully saturated rings. The van der Waals surface area contributed by atoms with E-state index in [4.69, 9.17) is 32.7 Å². The van der Waals surface area contributed by atoms with E-state index in [1.165, 1.54) is 0 Å². The molecule has 26 heavy (non-hydrogen) atoms. The number of nitrogens with zero attached hydrogens (tertiary/aromatic N) is 1. The third-order valence-corrected chi connectivity index (χ3v) is 4.07. The molecule has 0 aromatic heterocycles. The molecule has 1 aromatic rings. The number of hydrogen-bond acceptors (Lipinski definition) is 5. The van der Waals surface area contributed by atoms with Crippen molar-refractivity contribution in [3.8, 4) is 5.75 Å². The van der Waals surface area contributed by atoms with Crippen molar-refractivity contribution in [3.05, 3.63) is 28.2 Å². The van der Waals surface area contributed by atoms with Gasteiger partial charge in [0.25, 0.3) is 0 Å². The molecule has 144 valence electrons. The quantitative estimate of drug-likeness (QED) is 0.275. The number of ether oxygens (including phenoxy) is 2. The monoisotopic (exact) mass is 402 g/mol. The fourth-order valence-electron chi connectivity index (χ4n) is 2.17. The minimum atomic E-state index is -0.453. The van der Waals surface area contributed by atoms with Gasteiger partial charge in [-0.2, -0.15) is 5.10 Å². The number of carbonyl (C=O) groups is 2. The molecular weight excluding hydrogens is 379 g/mol. The summed E-state index contributed by atoms with van der Waals surface area (Å²) in [6.45, 7) is 5.95. The zero-order valence-corrected chi connectivity index (χ0v) is 16.7. The van der Waals surface area contributed by atoms with Crippen molar-refractivity contribution in [3.63, 3.8) is 0 Å². The maximum Gasteiger partial charge on any atom is 0.314 e. The summed E-state index contributed by atoms with van der Waals surface area (Å²) in [4.78, 5) is 23.6. The summed E-state index contributed by atoms with van der Waals surface area (Å²) >= 11 is 11.8. The van der Waals surface area contributed by atoms with E-state index in [9.17, 15) is 9.59 Å². The van der Waals surface area contributed by atoms with Crippen LogP contribution in [0.15, 0.2) is 23.3 Å². The van der Waals surface area contributed by atoms with Gasteiger partial charge in [0.05, 0.1) is 24.2 Å². The Kier molecular flexibility index (Phi) is 10.1. The van der Waals surface area contributed by atoms with E-state index in [-0.39, 0.29) is 18.3 Å². The van der Waals surface area contributed by atoms with Crippen LogP contribution in [0.1, 0.15) is 40.0 Å². The van der Waals surface area contributed by atoms with Crippen LogP contribution in [-0.4, -0.2) is 30.8 Å². The van der Waals surface area contributed by atoms with Gasteiger partial charge in [-0.25, -0.2) is 5.43 Å². The summed E-state index contributed by atoms with van der Waals surface area (Å²) in [7, 11) is 0. The third kappa shape index (κ3) is 7.62. The first-order valence-corrected chi connectivity index (χ1v) is 9.22. The molecule has 1 atom stereocenters. The topological polar surface area (TPSA) is 77.0 Å². The van der Waals surface area contributed by atoms with E-state index in [2.05, 4.69) is 10.5 Å². The normalized spacial score (nSPS) is 12.4. The van der Waals surface area contributed by atoms with Gasteiger partial charge in [0, 0.05) is 17.2 Å². The number of hydrazone groups is 1. The number of carbonyl (C=O) groups excluding carboxylic acids is 2. The second-order valence-corrected chi connectivity index (χ2v) is 6.37. The fraction of sp³-hybridized carbons (Fsp3) is 0.500. The highest BCUT2D eigenvalue weighted by molar-refractivity contribution is 6.35. The molecule has 0 bridgehead atoms. The standard InChI is InChI=1S/C18H24Cl2N2O4/c1-4-14(18(24)25-5-2)12(3)21-22-17(23)7-6-10-26-16-9-8-13(19)11-15(16)20/h8-9,11,14H,4-7,10H2,1-3H3,(H,22,23). The van der Waals surface area contributed by atoms with Crippen LogP contribution in [0.25, 0.3) is 0 Å². The molecule has 0 spiro atoms. The molecule has 1 rings (SSSR count). The summed E-state index contributed by atoms with van der Waals surface area (Å²) in [5.74, 6) is -0.524. The molecule has 6 nitrogen and oxygen atoms in total. The number of hydrogen-bond donors (Lipinski definition) is 1. The first kappa shape index (κ1) is 22.3. The summed E-state index contributed by atoms with van der Waals surface area (Å²) in [6.07, 6.45) is 1.28. The summed E-state index contributed by atoms with van der Waals surface area (Å²) in [5, 5.41) is 4.95. The number of benzene rings is 1. The van der Waals surface area contributed by atoms with E-state index < -0.39 is 5.92 Å². The molecule has 0 radical (unpaired) electrons. The van der Waals surface area contributed by atoms with E-state index >= 15 is 0 Å². The molecule has 1 aromatic carbocycles. The van der Waals surface area contributed by atoms with Crippen LogP contribution in [0.3, 0.4) is 0 Å². The summed E-state index contributed by atoms with van der Waals surface area (Å²) in [6, 6.07) is 4.95.